The summed E-state index contributed by atoms with van der Waals surface area (Å²) in [6, 6.07) is 7.84. The SMILES string of the molecule is N#Cc1cc(Nc2nc(NC3CC3)n3cc(C#N)nc3n2)c(Cl)c(N2CCN(C(=O)CCO)CC2)c1. The van der Waals surface area contributed by atoms with Gasteiger partial charge in [0.05, 0.1) is 40.8 Å². The van der Waals surface area contributed by atoms with E-state index in [1.54, 1.807) is 27.6 Å². The first-order chi connectivity index (χ1) is 17.5. The summed E-state index contributed by atoms with van der Waals surface area (Å²) in [5.74, 6) is 0.959. The number of carbonyl (C=O) groups is 1. The molecule has 5 rings (SSSR count). The van der Waals surface area contributed by atoms with E-state index in [2.05, 4.69) is 31.7 Å². The van der Waals surface area contributed by atoms with Crippen LogP contribution in [0, 0.1) is 22.7 Å². The number of carbonyl (C=O) groups excluding carboxylic acids is 1. The predicted molar refractivity (Wildman–Crippen MR) is 132 cm³/mol. The summed E-state index contributed by atoms with van der Waals surface area (Å²) >= 11 is 6.79. The number of aliphatic hydroxyl groups is 1. The zero-order valence-electron chi connectivity index (χ0n) is 19.3. The van der Waals surface area contributed by atoms with E-state index in [1.807, 2.05) is 11.0 Å². The Morgan fingerprint density at radius 2 is 1.92 bits per heavy atom. The van der Waals surface area contributed by atoms with Gasteiger partial charge in [-0.25, -0.2) is 0 Å². The molecule has 2 aromatic heterocycles. The molecule has 3 aromatic rings. The molecule has 1 aliphatic carbocycles. The minimum atomic E-state index is -0.174. The highest BCUT2D eigenvalue weighted by Crippen LogP contribution is 2.36. The second kappa shape index (κ2) is 9.85. The van der Waals surface area contributed by atoms with E-state index in [0.29, 0.717) is 65.9 Å². The van der Waals surface area contributed by atoms with Gasteiger partial charge in [0.25, 0.3) is 0 Å². The summed E-state index contributed by atoms with van der Waals surface area (Å²) in [5, 5.41) is 34.8. The van der Waals surface area contributed by atoms with Crippen LogP contribution in [0.25, 0.3) is 5.78 Å². The molecule has 2 fully saturated rings. The van der Waals surface area contributed by atoms with E-state index in [9.17, 15) is 15.3 Å². The van der Waals surface area contributed by atoms with Gasteiger partial charge in [0.15, 0.2) is 5.69 Å². The maximum absolute atomic E-state index is 12.1. The second-order valence-electron chi connectivity index (χ2n) is 8.63. The fourth-order valence-corrected chi connectivity index (χ4v) is 4.34. The first-order valence-corrected chi connectivity index (χ1v) is 11.9. The molecular formula is C23H23ClN10O2. The number of nitriles is 2. The molecule has 36 heavy (non-hydrogen) atoms. The molecule has 1 saturated heterocycles. The smallest absolute Gasteiger partial charge is 0.241 e. The van der Waals surface area contributed by atoms with Crippen molar-refractivity contribution in [3.63, 3.8) is 0 Å². The van der Waals surface area contributed by atoms with Crippen molar-refractivity contribution in [3.8, 4) is 12.1 Å². The van der Waals surface area contributed by atoms with E-state index in [1.165, 1.54) is 0 Å². The molecule has 0 radical (unpaired) electrons. The lowest BCUT2D eigenvalue weighted by Crippen LogP contribution is -2.49. The highest BCUT2D eigenvalue weighted by atomic mass is 35.5. The predicted octanol–water partition coefficient (Wildman–Crippen LogP) is 1.87. The zero-order valence-corrected chi connectivity index (χ0v) is 20.0. The summed E-state index contributed by atoms with van der Waals surface area (Å²) in [5.41, 5.74) is 1.75. The molecule has 1 aliphatic heterocycles. The van der Waals surface area contributed by atoms with E-state index >= 15 is 0 Å². The van der Waals surface area contributed by atoms with Crippen LogP contribution in [0.2, 0.25) is 5.02 Å². The molecule has 184 valence electrons. The molecule has 13 heteroatoms. The standard InChI is InChI=1S/C23H23ClN10O2/c24-20-17(9-14(11-25)10-18(20)32-4-6-33(7-5-32)19(36)3-8-35)29-21-30-22(27-15-1-2-15)34-13-16(12-26)28-23(34)31-21/h9-10,13,15,35H,1-8H2,(H2,27,28,29,30,31). The number of piperazine rings is 1. The first-order valence-electron chi connectivity index (χ1n) is 11.6. The number of nitrogens with one attached hydrogen (secondary N) is 2. The summed E-state index contributed by atoms with van der Waals surface area (Å²) in [4.78, 5) is 29.1. The van der Waals surface area contributed by atoms with Crippen molar-refractivity contribution in [1.29, 1.82) is 10.5 Å². The third kappa shape index (κ3) is 4.82. The van der Waals surface area contributed by atoms with Gasteiger partial charge in [-0.05, 0) is 25.0 Å². The molecule has 0 unspecified atom stereocenters. The molecule has 12 nitrogen and oxygen atoms in total. The Kier molecular flexibility index (Phi) is 6.46. The molecule has 0 bridgehead atoms. The maximum atomic E-state index is 12.1. The number of rotatable bonds is 7. The monoisotopic (exact) mass is 506 g/mol. The van der Waals surface area contributed by atoms with Crippen LogP contribution in [0.15, 0.2) is 18.3 Å². The molecule has 0 atom stereocenters. The van der Waals surface area contributed by atoms with Gasteiger partial charge < -0.3 is 25.5 Å². The Hall–Kier alpha value is -4.13. The lowest BCUT2D eigenvalue weighted by Gasteiger charge is -2.36. The van der Waals surface area contributed by atoms with E-state index in [4.69, 9.17) is 16.7 Å². The van der Waals surface area contributed by atoms with Crippen molar-refractivity contribution in [3.05, 3.63) is 34.6 Å². The lowest BCUT2D eigenvalue weighted by atomic mass is 10.1. The van der Waals surface area contributed by atoms with Gasteiger partial charge in [-0.15, -0.1) is 0 Å². The van der Waals surface area contributed by atoms with E-state index in [0.717, 1.165) is 12.8 Å². The molecule has 0 spiro atoms. The Bertz CT molecular complexity index is 1400. The van der Waals surface area contributed by atoms with Gasteiger partial charge in [0.2, 0.25) is 23.6 Å². The largest absolute Gasteiger partial charge is 0.396 e. The number of halogens is 1. The number of fused-ring (bicyclic) bond motifs is 1. The summed E-state index contributed by atoms with van der Waals surface area (Å²) < 4.78 is 1.64. The second-order valence-corrected chi connectivity index (χ2v) is 9.01. The van der Waals surface area contributed by atoms with Crippen LogP contribution < -0.4 is 15.5 Å². The number of hydrogen-bond acceptors (Lipinski definition) is 10. The summed E-state index contributed by atoms with van der Waals surface area (Å²) in [6.45, 7) is 1.88. The minimum absolute atomic E-state index is 0.0851. The van der Waals surface area contributed by atoms with Crippen molar-refractivity contribution in [1.82, 2.24) is 24.3 Å². The van der Waals surface area contributed by atoms with Gasteiger partial charge in [0.1, 0.15) is 6.07 Å². The Balaban J connectivity index is 1.43. The van der Waals surface area contributed by atoms with Gasteiger partial charge in [-0.2, -0.15) is 25.5 Å². The average Bonchev–Trinajstić information content (AvgIpc) is 3.60. The molecule has 1 amide bonds. The Morgan fingerprint density at radius 3 is 2.58 bits per heavy atom. The number of nitrogens with zero attached hydrogens (tertiary/aromatic N) is 8. The third-order valence-electron chi connectivity index (χ3n) is 6.09. The zero-order chi connectivity index (χ0) is 25.2. The summed E-state index contributed by atoms with van der Waals surface area (Å²) in [6.07, 6.45) is 3.75. The van der Waals surface area contributed by atoms with Gasteiger partial charge >= 0.3 is 0 Å². The Labute approximate surface area is 211 Å². The number of benzene rings is 1. The molecule has 2 aliphatic rings. The van der Waals surface area contributed by atoms with Crippen LogP contribution in [-0.4, -0.2) is 74.1 Å². The van der Waals surface area contributed by atoms with Crippen LogP contribution in [0.5, 0.6) is 0 Å². The minimum Gasteiger partial charge on any atom is -0.396 e. The van der Waals surface area contributed by atoms with Crippen LogP contribution >= 0.6 is 11.6 Å². The quantitative estimate of drug-likeness (QED) is 0.431. The maximum Gasteiger partial charge on any atom is 0.241 e. The number of aromatic nitrogens is 4. The van der Waals surface area contributed by atoms with Crippen LogP contribution in [-0.2, 0) is 4.79 Å². The number of amides is 1. The summed E-state index contributed by atoms with van der Waals surface area (Å²) in [7, 11) is 0. The van der Waals surface area contributed by atoms with Crippen molar-refractivity contribution >= 4 is 46.6 Å². The molecule has 1 saturated carbocycles. The number of imidazole rings is 1. The highest BCUT2D eigenvalue weighted by molar-refractivity contribution is 6.36. The fraction of sp³-hybridized carbons (Fsp3) is 0.391. The fourth-order valence-electron chi connectivity index (χ4n) is 4.07. The van der Waals surface area contributed by atoms with Gasteiger partial charge in [-0.1, -0.05) is 11.6 Å². The van der Waals surface area contributed by atoms with Crippen LogP contribution in [0.3, 0.4) is 0 Å². The van der Waals surface area contributed by atoms with Crippen molar-refractivity contribution < 1.29 is 9.90 Å². The van der Waals surface area contributed by atoms with Crippen LogP contribution in [0.4, 0.5) is 23.3 Å². The van der Waals surface area contributed by atoms with E-state index in [-0.39, 0.29) is 30.6 Å². The third-order valence-corrected chi connectivity index (χ3v) is 6.48. The number of aliphatic hydroxyl groups excluding tert-OH is 1. The molecule has 1 aromatic carbocycles. The van der Waals surface area contributed by atoms with Crippen molar-refractivity contribution in [2.24, 2.45) is 0 Å². The average molecular weight is 507 g/mol. The molecule has 3 N–H and O–H groups in total. The van der Waals surface area contributed by atoms with Crippen molar-refractivity contribution in [2.45, 2.75) is 25.3 Å². The Morgan fingerprint density at radius 1 is 1.14 bits per heavy atom. The number of anilines is 4. The molecular weight excluding hydrogens is 484 g/mol. The van der Waals surface area contributed by atoms with Crippen LogP contribution in [0.1, 0.15) is 30.5 Å². The molecule has 3 heterocycles. The lowest BCUT2D eigenvalue weighted by molar-refractivity contribution is -0.132. The van der Waals surface area contributed by atoms with Gasteiger partial charge in [-0.3, -0.25) is 9.20 Å². The highest BCUT2D eigenvalue weighted by Gasteiger charge is 2.25. The first kappa shape index (κ1) is 23.6. The van der Waals surface area contributed by atoms with Gasteiger partial charge in [0, 0.05) is 38.6 Å². The number of hydrogen-bond donors (Lipinski definition) is 3. The topological polar surface area (TPSA) is 158 Å². The normalized spacial score (nSPS) is 15.4. The van der Waals surface area contributed by atoms with E-state index < -0.39 is 0 Å². The van der Waals surface area contributed by atoms with Crippen molar-refractivity contribution in [2.75, 3.05) is 48.3 Å².